The third-order valence-electron chi connectivity index (χ3n) is 7.63. The number of amides is 2. The zero-order valence-corrected chi connectivity index (χ0v) is 30.4. The molecule has 0 saturated heterocycles. The van der Waals surface area contributed by atoms with Gasteiger partial charge in [0, 0.05) is 12.2 Å². The summed E-state index contributed by atoms with van der Waals surface area (Å²) in [7, 11) is -8.00. The molecule has 0 unspecified atom stereocenters. The molecule has 0 spiro atoms. The predicted molar refractivity (Wildman–Crippen MR) is 190 cm³/mol. The van der Waals surface area contributed by atoms with Crippen molar-refractivity contribution in [1.82, 2.24) is 15.3 Å². The van der Waals surface area contributed by atoms with Crippen LogP contribution in [0.4, 0.5) is 5.69 Å². The number of carbonyl (C=O) groups is 2. The number of carbonyl (C=O) groups excluding carboxylic acids is 2. The Morgan fingerprint density at radius 2 is 1.41 bits per heavy atom. The van der Waals surface area contributed by atoms with Crippen LogP contribution < -0.4 is 16.6 Å². The summed E-state index contributed by atoms with van der Waals surface area (Å²) in [5, 5.41) is 9.46. The fourth-order valence-electron chi connectivity index (χ4n) is 5.15. The third-order valence-corrected chi connectivity index (χ3v) is 10.1. The maximum absolute atomic E-state index is 13.6. The number of aryl methyl sites for hydroxylation is 2. The minimum atomic E-state index is -4.02. The molecule has 0 bridgehead atoms. The van der Waals surface area contributed by atoms with E-state index in [1.165, 1.54) is 12.1 Å². The molecule has 49 heavy (non-hydrogen) atoms. The molecule has 0 aromatic heterocycles. The van der Waals surface area contributed by atoms with Gasteiger partial charge in [0.2, 0.25) is 21.8 Å². The van der Waals surface area contributed by atoms with Crippen LogP contribution in [0.1, 0.15) is 63.6 Å². The van der Waals surface area contributed by atoms with Gasteiger partial charge in [-0.1, -0.05) is 93.9 Å². The van der Waals surface area contributed by atoms with E-state index in [0.717, 1.165) is 15.5 Å². The lowest BCUT2D eigenvalue weighted by Crippen LogP contribution is -2.52. The Labute approximate surface area is 290 Å². The molecule has 0 aliphatic rings. The molecule has 270 valence electrons. The zero-order valence-electron chi connectivity index (χ0n) is 28.7. The number of hydrazine groups is 1. The summed E-state index contributed by atoms with van der Waals surface area (Å²) in [4.78, 5) is 26.3. The van der Waals surface area contributed by atoms with Crippen molar-refractivity contribution in [2.75, 3.05) is 12.3 Å². The first-order valence-electron chi connectivity index (χ1n) is 16.1. The molecule has 6 N–H and O–H groups in total. The number of benzene rings is 3. The first-order chi connectivity index (χ1) is 22.9. The van der Waals surface area contributed by atoms with Crippen LogP contribution in [0, 0.1) is 30.6 Å². The number of rotatable bonds is 16. The van der Waals surface area contributed by atoms with Gasteiger partial charge in [-0.05, 0) is 73.8 Å². The largest absolute Gasteiger partial charge is 0.398 e. The summed E-state index contributed by atoms with van der Waals surface area (Å²) in [6.07, 6.45) is 2.02. The summed E-state index contributed by atoms with van der Waals surface area (Å²) in [6.45, 7) is 9.46. The van der Waals surface area contributed by atoms with Crippen LogP contribution in [0.15, 0.2) is 83.8 Å². The van der Waals surface area contributed by atoms with Gasteiger partial charge in [0.05, 0.1) is 22.5 Å². The number of hydrogen-bond donors (Lipinski definition) is 5. The van der Waals surface area contributed by atoms with Crippen molar-refractivity contribution >= 4 is 37.6 Å². The second-order valence-corrected chi connectivity index (χ2v) is 16.2. The van der Waals surface area contributed by atoms with Gasteiger partial charge < -0.3 is 5.73 Å². The standard InChI is InChI=1S/C28H42N4O5S.C7H8O3S/c1-20(2)17-25(24(28(34)31-35)15-10-13-22-11-6-5-7-12-22)27(33)30-32(18-21(3)4)38(36,37)19-23-14-8-9-16-26(23)29;1-6-2-4-7(5-3-6)11(8,9)10/h5-9,11-12,14,16,20-21,24-25,35H,10,13,15,17-19,29H2,1-4H3,(H,30,33)(H,31,34);2-5H,1H3,(H,8,9,10)/t24-,25+;/m0./s1. The van der Waals surface area contributed by atoms with E-state index in [-0.39, 0.29) is 29.0 Å². The van der Waals surface area contributed by atoms with E-state index in [1.807, 2.05) is 65.0 Å². The number of sulfonamides is 1. The van der Waals surface area contributed by atoms with Crippen molar-refractivity contribution in [2.45, 2.75) is 71.0 Å². The Hall–Kier alpha value is -3.82. The minimum Gasteiger partial charge on any atom is -0.398 e. The van der Waals surface area contributed by atoms with Gasteiger partial charge in [-0.2, -0.15) is 8.42 Å². The van der Waals surface area contributed by atoms with Crippen LogP contribution in [0.2, 0.25) is 0 Å². The van der Waals surface area contributed by atoms with Crippen molar-refractivity contribution in [2.24, 2.45) is 23.7 Å². The first kappa shape index (κ1) is 41.4. The number of hydrogen-bond acceptors (Lipinski definition) is 8. The Kier molecular flexibility index (Phi) is 16.4. The van der Waals surface area contributed by atoms with Gasteiger partial charge in [-0.3, -0.25) is 24.8 Å². The summed E-state index contributed by atoms with van der Waals surface area (Å²) < 4.78 is 57.3. The number of anilines is 1. The zero-order chi connectivity index (χ0) is 36.8. The summed E-state index contributed by atoms with van der Waals surface area (Å²) in [5.74, 6) is -3.31. The van der Waals surface area contributed by atoms with E-state index in [4.69, 9.17) is 10.3 Å². The molecule has 14 heteroatoms. The van der Waals surface area contributed by atoms with Crippen molar-refractivity contribution in [3.05, 3.63) is 95.6 Å². The van der Waals surface area contributed by atoms with Gasteiger partial charge in [0.15, 0.2) is 0 Å². The van der Waals surface area contributed by atoms with Crippen molar-refractivity contribution < 1.29 is 36.2 Å². The van der Waals surface area contributed by atoms with Crippen molar-refractivity contribution in [1.29, 1.82) is 0 Å². The highest BCUT2D eigenvalue weighted by Gasteiger charge is 2.36. The Morgan fingerprint density at radius 3 is 1.94 bits per heavy atom. The van der Waals surface area contributed by atoms with Crippen molar-refractivity contribution in [3.8, 4) is 0 Å². The Balaban J connectivity index is 0.000000639. The summed E-state index contributed by atoms with van der Waals surface area (Å²) in [6, 6.07) is 22.5. The predicted octanol–water partition coefficient (Wildman–Crippen LogP) is 5.14. The molecule has 0 aliphatic carbocycles. The monoisotopic (exact) mass is 718 g/mol. The lowest BCUT2D eigenvalue weighted by molar-refractivity contribution is -0.142. The molecule has 2 amide bonds. The van der Waals surface area contributed by atoms with Gasteiger partial charge in [0.25, 0.3) is 10.1 Å². The smallest absolute Gasteiger partial charge is 0.294 e. The van der Waals surface area contributed by atoms with Crippen molar-refractivity contribution in [3.63, 3.8) is 0 Å². The Morgan fingerprint density at radius 1 is 0.816 bits per heavy atom. The van der Waals surface area contributed by atoms with E-state index in [0.29, 0.717) is 36.9 Å². The molecule has 0 aliphatic heterocycles. The summed E-state index contributed by atoms with van der Waals surface area (Å²) >= 11 is 0. The molecular formula is C35H50N4O8S2. The van der Waals surface area contributed by atoms with E-state index < -0.39 is 43.8 Å². The van der Waals surface area contributed by atoms with Crippen LogP contribution in [-0.2, 0) is 41.9 Å². The highest BCUT2D eigenvalue weighted by Crippen LogP contribution is 2.27. The van der Waals surface area contributed by atoms with E-state index >= 15 is 0 Å². The number of nitrogen functional groups attached to an aromatic ring is 1. The lowest BCUT2D eigenvalue weighted by atomic mass is 9.81. The summed E-state index contributed by atoms with van der Waals surface area (Å²) in [5.41, 5.74) is 13.1. The normalized spacial score (nSPS) is 13.0. The first-order valence-corrected chi connectivity index (χ1v) is 19.2. The van der Waals surface area contributed by atoms with E-state index in [2.05, 4.69) is 5.43 Å². The van der Waals surface area contributed by atoms with Gasteiger partial charge in [0.1, 0.15) is 0 Å². The van der Waals surface area contributed by atoms with Crippen LogP contribution in [0.3, 0.4) is 0 Å². The lowest BCUT2D eigenvalue weighted by Gasteiger charge is -2.30. The maximum atomic E-state index is 13.6. The number of hydroxylamine groups is 1. The number of para-hydroxylation sites is 1. The fraction of sp³-hybridized carbons (Fsp3) is 0.429. The second-order valence-electron chi connectivity index (χ2n) is 12.8. The van der Waals surface area contributed by atoms with Gasteiger partial charge in [-0.15, -0.1) is 4.41 Å². The molecule has 0 heterocycles. The molecule has 3 rings (SSSR count). The molecule has 2 atom stereocenters. The average Bonchev–Trinajstić information content (AvgIpc) is 3.03. The molecule has 0 saturated carbocycles. The fourth-order valence-corrected chi connectivity index (χ4v) is 7.19. The van der Waals surface area contributed by atoms with E-state index in [1.54, 1.807) is 41.9 Å². The molecular weight excluding hydrogens is 669 g/mol. The average molecular weight is 719 g/mol. The topological polar surface area (TPSA) is 196 Å². The number of nitrogens with zero attached hydrogens (tertiary/aromatic N) is 1. The molecule has 0 fully saturated rings. The highest BCUT2D eigenvalue weighted by molar-refractivity contribution is 7.88. The third kappa shape index (κ3) is 14.3. The SMILES string of the molecule is CC(C)C[C@@H](C(=O)NN(CC(C)C)S(=O)(=O)Cc1ccccc1N)[C@H](CCCc1ccccc1)C(=O)NO.Cc1ccc(S(=O)(=O)O)cc1. The second kappa shape index (κ2) is 19.4. The van der Waals surface area contributed by atoms with Gasteiger partial charge >= 0.3 is 0 Å². The molecule has 3 aromatic rings. The van der Waals surface area contributed by atoms with E-state index in [9.17, 15) is 31.6 Å². The van der Waals surface area contributed by atoms with Crippen LogP contribution in [0.25, 0.3) is 0 Å². The molecule has 0 radical (unpaired) electrons. The van der Waals surface area contributed by atoms with Crippen LogP contribution >= 0.6 is 0 Å². The quantitative estimate of drug-likeness (QED) is 0.0577. The van der Waals surface area contributed by atoms with Crippen LogP contribution in [0.5, 0.6) is 0 Å². The van der Waals surface area contributed by atoms with Gasteiger partial charge in [-0.25, -0.2) is 13.9 Å². The number of nitrogens with two attached hydrogens (primary N) is 1. The maximum Gasteiger partial charge on any atom is 0.294 e. The van der Waals surface area contributed by atoms with Crippen LogP contribution in [-0.4, -0.2) is 49.4 Å². The number of nitrogens with one attached hydrogen (secondary N) is 2. The molecule has 3 aromatic carbocycles. The Bertz CT molecular complexity index is 1700. The molecule has 12 nitrogen and oxygen atoms in total. The minimum absolute atomic E-state index is 0.0492. The highest BCUT2D eigenvalue weighted by atomic mass is 32.2.